The summed E-state index contributed by atoms with van der Waals surface area (Å²) in [6.07, 6.45) is 0. The van der Waals surface area contributed by atoms with Crippen molar-refractivity contribution in [1.82, 2.24) is 0 Å². The first-order valence-electron chi connectivity index (χ1n) is 11.1. The molecule has 0 aliphatic carbocycles. The lowest BCUT2D eigenvalue weighted by molar-refractivity contribution is -0.120. The molecule has 0 fully saturated rings. The molecule has 35 heavy (non-hydrogen) atoms. The lowest BCUT2D eigenvalue weighted by Gasteiger charge is -2.22. The second kappa shape index (κ2) is 9.39. The number of aryl methyl sites for hydroxylation is 1. The monoisotopic (exact) mass is 488 g/mol. The van der Waals surface area contributed by atoms with Crippen LogP contribution >= 0.6 is 11.6 Å². The van der Waals surface area contributed by atoms with Crippen molar-refractivity contribution in [2.75, 3.05) is 10.2 Å². The summed E-state index contributed by atoms with van der Waals surface area (Å²) in [7, 11) is 0. The van der Waals surface area contributed by atoms with Crippen molar-refractivity contribution in [3.05, 3.63) is 100 Å². The van der Waals surface area contributed by atoms with Crippen molar-refractivity contribution in [3.8, 4) is 5.75 Å². The summed E-state index contributed by atoms with van der Waals surface area (Å²) in [5.74, 6) is -1.13. The molecular formula is C28H25ClN2O4. The summed E-state index contributed by atoms with van der Waals surface area (Å²) in [4.78, 5) is 39.3. The summed E-state index contributed by atoms with van der Waals surface area (Å²) >= 11 is 6.18. The van der Waals surface area contributed by atoms with Gasteiger partial charge >= 0.3 is 5.97 Å². The van der Waals surface area contributed by atoms with E-state index in [0.717, 1.165) is 16.0 Å². The van der Waals surface area contributed by atoms with Crippen LogP contribution in [0.15, 0.2) is 83.5 Å². The third-order valence-corrected chi connectivity index (χ3v) is 5.93. The highest BCUT2D eigenvalue weighted by atomic mass is 35.5. The first-order chi connectivity index (χ1) is 16.6. The van der Waals surface area contributed by atoms with E-state index in [2.05, 4.69) is 26.1 Å². The average molecular weight is 489 g/mol. The number of hydrogen-bond donors (Lipinski definition) is 1. The van der Waals surface area contributed by atoms with Gasteiger partial charge in [0.25, 0.3) is 11.8 Å². The normalized spacial score (nSPS) is 13.9. The highest BCUT2D eigenvalue weighted by Crippen LogP contribution is 2.33. The molecule has 0 spiro atoms. The van der Waals surface area contributed by atoms with Crippen molar-refractivity contribution in [1.29, 1.82) is 0 Å². The van der Waals surface area contributed by atoms with Crippen LogP contribution in [0.25, 0.3) is 0 Å². The number of imide groups is 1. The molecule has 6 nitrogen and oxygen atoms in total. The van der Waals surface area contributed by atoms with Gasteiger partial charge in [-0.1, -0.05) is 68.3 Å². The molecule has 3 aromatic carbocycles. The van der Waals surface area contributed by atoms with Gasteiger partial charge in [0, 0.05) is 11.3 Å². The van der Waals surface area contributed by atoms with Crippen LogP contribution in [-0.2, 0) is 15.0 Å². The molecule has 0 atom stereocenters. The minimum atomic E-state index is -0.599. The molecule has 7 heteroatoms. The molecule has 1 aliphatic heterocycles. The van der Waals surface area contributed by atoms with Crippen LogP contribution < -0.4 is 15.0 Å². The lowest BCUT2D eigenvalue weighted by atomic mass is 9.85. The van der Waals surface area contributed by atoms with Crippen LogP contribution in [0.2, 0.25) is 0 Å². The molecule has 178 valence electrons. The van der Waals surface area contributed by atoms with Crippen LogP contribution in [0, 0.1) is 6.92 Å². The molecule has 2 amide bonds. The molecule has 0 unspecified atom stereocenters. The van der Waals surface area contributed by atoms with Gasteiger partial charge in [-0.15, -0.1) is 0 Å². The highest BCUT2D eigenvalue weighted by Gasteiger charge is 2.38. The Morgan fingerprint density at radius 2 is 1.57 bits per heavy atom. The third kappa shape index (κ3) is 4.98. The predicted molar refractivity (Wildman–Crippen MR) is 137 cm³/mol. The summed E-state index contributed by atoms with van der Waals surface area (Å²) in [5, 5.41) is 2.71. The SMILES string of the molecule is Cc1ccc(OC(=O)c2ccc(NC3=C(Cl)C(=O)N(c4ccccc4)C3=O)cc2)c(C(C)(C)C)c1. The number of benzene rings is 3. The van der Waals surface area contributed by atoms with Crippen molar-refractivity contribution in [3.63, 3.8) is 0 Å². The smallest absolute Gasteiger partial charge is 0.343 e. The number of nitrogens with zero attached hydrogens (tertiary/aromatic N) is 1. The van der Waals surface area contributed by atoms with E-state index in [1.165, 1.54) is 0 Å². The zero-order chi connectivity index (χ0) is 25.3. The quantitative estimate of drug-likeness (QED) is 0.273. The number of carbonyl (C=O) groups excluding carboxylic acids is 3. The van der Waals surface area contributed by atoms with Gasteiger partial charge < -0.3 is 10.1 Å². The van der Waals surface area contributed by atoms with Crippen molar-refractivity contribution >= 4 is 40.8 Å². The van der Waals surface area contributed by atoms with Gasteiger partial charge in [-0.25, -0.2) is 9.69 Å². The molecule has 0 radical (unpaired) electrons. The summed E-state index contributed by atoms with van der Waals surface area (Å²) < 4.78 is 5.70. The number of nitrogens with one attached hydrogen (secondary N) is 1. The lowest BCUT2D eigenvalue weighted by Crippen LogP contribution is -2.32. The van der Waals surface area contributed by atoms with Crippen LogP contribution in [-0.4, -0.2) is 17.8 Å². The molecule has 4 rings (SSSR count). The van der Waals surface area contributed by atoms with Crippen LogP contribution in [0.3, 0.4) is 0 Å². The van der Waals surface area contributed by atoms with E-state index in [1.54, 1.807) is 60.7 Å². The zero-order valence-corrected chi connectivity index (χ0v) is 20.6. The van der Waals surface area contributed by atoms with E-state index < -0.39 is 17.8 Å². The fourth-order valence-corrected chi connectivity index (χ4v) is 3.95. The number of hydrogen-bond acceptors (Lipinski definition) is 5. The fraction of sp³-hybridized carbons (Fsp3) is 0.179. The molecule has 1 N–H and O–H groups in total. The van der Waals surface area contributed by atoms with E-state index in [4.69, 9.17) is 16.3 Å². The van der Waals surface area contributed by atoms with Gasteiger partial charge in [0.1, 0.15) is 16.5 Å². The maximum absolute atomic E-state index is 12.9. The molecule has 1 aliphatic rings. The zero-order valence-electron chi connectivity index (χ0n) is 19.9. The molecule has 0 saturated carbocycles. The average Bonchev–Trinajstić information content (AvgIpc) is 3.03. The largest absolute Gasteiger partial charge is 0.423 e. The molecule has 0 aromatic heterocycles. The van der Waals surface area contributed by atoms with Crippen LogP contribution in [0.1, 0.15) is 42.3 Å². The van der Waals surface area contributed by atoms with E-state index >= 15 is 0 Å². The third-order valence-electron chi connectivity index (χ3n) is 5.58. The second-order valence-electron chi connectivity index (χ2n) is 9.31. The van der Waals surface area contributed by atoms with Gasteiger partial charge in [0.05, 0.1) is 11.3 Å². The van der Waals surface area contributed by atoms with Crippen molar-refractivity contribution < 1.29 is 19.1 Å². The standard InChI is InChI=1S/C28H25ClN2O4/c1-17-10-15-22(21(16-17)28(2,3)4)35-27(34)18-11-13-19(14-12-18)30-24-23(29)25(32)31(26(24)33)20-8-6-5-7-9-20/h5-16,30H,1-4H3. The van der Waals surface area contributed by atoms with Gasteiger partial charge in [0.15, 0.2) is 0 Å². The number of ether oxygens (including phenoxy) is 1. The number of para-hydroxylation sites is 1. The van der Waals surface area contributed by atoms with Crippen LogP contribution in [0.5, 0.6) is 5.75 Å². The minimum Gasteiger partial charge on any atom is -0.423 e. The van der Waals surface area contributed by atoms with E-state index in [9.17, 15) is 14.4 Å². The second-order valence-corrected chi connectivity index (χ2v) is 9.69. The maximum atomic E-state index is 12.9. The number of anilines is 2. The minimum absolute atomic E-state index is 0.0229. The summed E-state index contributed by atoms with van der Waals surface area (Å²) in [5.41, 5.74) is 3.09. The van der Waals surface area contributed by atoms with Gasteiger partial charge in [-0.2, -0.15) is 0 Å². The fourth-order valence-electron chi connectivity index (χ4n) is 3.73. The Balaban J connectivity index is 1.50. The molecule has 0 bridgehead atoms. The molecule has 3 aromatic rings. The van der Waals surface area contributed by atoms with Crippen LogP contribution in [0.4, 0.5) is 11.4 Å². The summed E-state index contributed by atoms with van der Waals surface area (Å²) in [6, 6.07) is 20.7. The maximum Gasteiger partial charge on any atom is 0.343 e. The van der Waals surface area contributed by atoms with Gasteiger partial charge in [-0.05, 0) is 54.8 Å². The van der Waals surface area contributed by atoms with Gasteiger partial charge in [0.2, 0.25) is 0 Å². The molecule has 0 saturated heterocycles. The Kier molecular flexibility index (Phi) is 6.50. The predicted octanol–water partition coefficient (Wildman–Crippen LogP) is 5.95. The number of carbonyl (C=O) groups is 3. The van der Waals surface area contributed by atoms with E-state index in [-0.39, 0.29) is 16.1 Å². The van der Waals surface area contributed by atoms with Crippen molar-refractivity contribution in [2.24, 2.45) is 0 Å². The Morgan fingerprint density at radius 3 is 2.20 bits per heavy atom. The number of amides is 2. The van der Waals surface area contributed by atoms with E-state index in [0.29, 0.717) is 22.7 Å². The van der Waals surface area contributed by atoms with E-state index in [1.807, 2.05) is 19.1 Å². The first kappa shape index (κ1) is 24.2. The summed E-state index contributed by atoms with van der Waals surface area (Å²) in [6.45, 7) is 8.18. The molecule has 1 heterocycles. The number of rotatable bonds is 5. The first-order valence-corrected chi connectivity index (χ1v) is 11.5. The number of halogens is 1. The van der Waals surface area contributed by atoms with Gasteiger partial charge in [-0.3, -0.25) is 9.59 Å². The Morgan fingerprint density at radius 1 is 0.914 bits per heavy atom. The Labute approximate surface area is 209 Å². The molecular weight excluding hydrogens is 464 g/mol. The topological polar surface area (TPSA) is 75.7 Å². The highest BCUT2D eigenvalue weighted by molar-refractivity contribution is 6.53. The van der Waals surface area contributed by atoms with Crippen molar-refractivity contribution in [2.45, 2.75) is 33.1 Å². The Bertz CT molecular complexity index is 1340. The Hall–Kier alpha value is -3.90. The number of esters is 1.